The van der Waals surface area contributed by atoms with Crippen molar-refractivity contribution in [1.29, 1.82) is 0 Å². The van der Waals surface area contributed by atoms with Gasteiger partial charge in [0.15, 0.2) is 0 Å². The number of carbonyl (C=O) groups excluding carboxylic acids is 3. The highest BCUT2D eigenvalue weighted by atomic mass is 16.3. The number of rotatable bonds is 20. The molecule has 0 aromatic rings. The van der Waals surface area contributed by atoms with E-state index in [4.69, 9.17) is 7.10 Å². The molecule has 1 saturated heterocycles. The number of likely N-dealkylation sites (tertiary alicyclic amines) is 1. The number of nitrogens with one attached hydrogen (secondary N) is 1. The number of hydrogen-bond acceptors (Lipinski definition) is 4. The second kappa shape index (κ2) is 18.8. The summed E-state index contributed by atoms with van der Waals surface area (Å²) < 4.78 is 7.13. The summed E-state index contributed by atoms with van der Waals surface area (Å²) >= 11 is 0. The SMILES string of the molecule is [2H]CCCCCCCCCCCCCCCCCC(=O)N[C@@H](CO)C(=O)N1CCC[C@H]1C(N)=O. The largest absolute Gasteiger partial charge is 0.394 e. The lowest BCUT2D eigenvalue weighted by Gasteiger charge is -2.26. The maximum atomic E-state index is 12.6. The predicted molar refractivity (Wildman–Crippen MR) is 132 cm³/mol. The van der Waals surface area contributed by atoms with Gasteiger partial charge in [0.25, 0.3) is 0 Å². The van der Waals surface area contributed by atoms with Crippen LogP contribution in [-0.4, -0.2) is 53.0 Å². The Morgan fingerprint density at radius 1 is 0.939 bits per heavy atom. The Labute approximate surface area is 202 Å². The lowest BCUT2D eigenvalue weighted by molar-refractivity contribution is -0.141. The van der Waals surface area contributed by atoms with Crippen molar-refractivity contribution in [2.45, 2.75) is 135 Å². The summed E-state index contributed by atoms with van der Waals surface area (Å²) in [5.41, 5.74) is 5.36. The normalized spacial score (nSPS) is 17.1. The minimum Gasteiger partial charge on any atom is -0.394 e. The van der Waals surface area contributed by atoms with Gasteiger partial charge in [-0.15, -0.1) is 0 Å². The molecular weight excluding hydrogens is 418 g/mol. The van der Waals surface area contributed by atoms with Crippen LogP contribution in [0.3, 0.4) is 0 Å². The summed E-state index contributed by atoms with van der Waals surface area (Å²) in [5, 5.41) is 12.2. The van der Waals surface area contributed by atoms with Crippen molar-refractivity contribution < 1.29 is 20.9 Å². The molecule has 0 aromatic heterocycles. The van der Waals surface area contributed by atoms with Crippen molar-refractivity contribution in [3.05, 3.63) is 0 Å². The van der Waals surface area contributed by atoms with Crippen LogP contribution >= 0.6 is 0 Å². The van der Waals surface area contributed by atoms with Crippen LogP contribution < -0.4 is 11.1 Å². The van der Waals surface area contributed by atoms with E-state index in [2.05, 4.69) is 5.32 Å². The van der Waals surface area contributed by atoms with E-state index in [-0.39, 0.29) is 5.91 Å². The second-order valence-corrected chi connectivity index (χ2v) is 9.45. The molecule has 1 aliphatic rings. The van der Waals surface area contributed by atoms with Crippen molar-refractivity contribution in [1.82, 2.24) is 10.2 Å². The Morgan fingerprint density at radius 3 is 1.94 bits per heavy atom. The van der Waals surface area contributed by atoms with Crippen LogP contribution in [0.5, 0.6) is 0 Å². The van der Waals surface area contributed by atoms with E-state index in [9.17, 15) is 19.5 Å². The first kappa shape index (κ1) is 27.6. The Balaban J connectivity index is 1.99. The zero-order valence-electron chi connectivity index (χ0n) is 21.7. The van der Waals surface area contributed by atoms with Crippen molar-refractivity contribution in [3.8, 4) is 0 Å². The van der Waals surface area contributed by atoms with E-state index in [0.29, 0.717) is 32.7 Å². The maximum Gasteiger partial charge on any atom is 0.248 e. The van der Waals surface area contributed by atoms with Crippen LogP contribution in [0, 0.1) is 0 Å². The van der Waals surface area contributed by atoms with Gasteiger partial charge in [-0.3, -0.25) is 14.4 Å². The molecule has 1 rings (SSSR count). The van der Waals surface area contributed by atoms with Crippen LogP contribution in [0.1, 0.15) is 124 Å². The molecule has 1 heterocycles. The van der Waals surface area contributed by atoms with E-state index in [0.717, 1.165) is 25.7 Å². The fourth-order valence-corrected chi connectivity index (χ4v) is 4.56. The van der Waals surface area contributed by atoms with Crippen LogP contribution in [0.4, 0.5) is 0 Å². The number of carbonyl (C=O) groups is 3. The van der Waals surface area contributed by atoms with Crippen molar-refractivity contribution in [2.75, 3.05) is 13.2 Å². The molecule has 7 heteroatoms. The number of nitrogens with two attached hydrogens (primary N) is 1. The number of aliphatic hydroxyl groups is 1. The minimum atomic E-state index is -1.01. The fraction of sp³-hybridized carbons (Fsp3) is 0.885. The van der Waals surface area contributed by atoms with Crippen molar-refractivity contribution in [2.24, 2.45) is 5.73 Å². The molecule has 0 saturated carbocycles. The highest BCUT2D eigenvalue weighted by Crippen LogP contribution is 2.18. The zero-order chi connectivity index (χ0) is 25.0. The molecule has 33 heavy (non-hydrogen) atoms. The third-order valence-corrected chi connectivity index (χ3v) is 6.58. The first-order chi connectivity index (χ1) is 16.5. The molecule has 0 aromatic carbocycles. The molecule has 0 spiro atoms. The number of nitrogens with zero attached hydrogens (tertiary/aromatic N) is 1. The molecule has 0 radical (unpaired) electrons. The molecule has 1 aliphatic heterocycles. The third-order valence-electron chi connectivity index (χ3n) is 6.58. The van der Waals surface area contributed by atoms with Crippen LogP contribution in [0.25, 0.3) is 0 Å². The van der Waals surface area contributed by atoms with Gasteiger partial charge in [-0.1, -0.05) is 96.8 Å². The molecule has 0 aliphatic carbocycles. The number of unbranched alkanes of at least 4 members (excludes halogenated alkanes) is 14. The minimum absolute atomic E-state index is 0.237. The predicted octanol–water partition coefficient (Wildman–Crippen LogP) is 4.20. The van der Waals surface area contributed by atoms with Gasteiger partial charge in [0.05, 0.1) is 6.61 Å². The van der Waals surface area contributed by atoms with Crippen molar-refractivity contribution >= 4 is 17.7 Å². The lowest BCUT2D eigenvalue weighted by atomic mass is 10.0. The molecule has 3 amide bonds. The number of aliphatic hydroxyl groups excluding tert-OH is 1. The van der Waals surface area contributed by atoms with E-state index < -0.39 is 30.5 Å². The van der Waals surface area contributed by atoms with E-state index in [1.165, 1.54) is 75.5 Å². The van der Waals surface area contributed by atoms with Crippen LogP contribution in [0.15, 0.2) is 0 Å². The standard InChI is InChI=1S/C26H49N3O4/c1-2-3-4-5-6-7-8-9-10-11-12-13-14-15-16-19-24(31)28-22(21-30)26(33)29-20-17-18-23(29)25(27)32/h22-23,30H,2-21H2,1H3,(H2,27,32)(H,28,31)/t22-,23-/m0/s1/i1D. The van der Waals surface area contributed by atoms with Gasteiger partial charge in [0.2, 0.25) is 17.7 Å². The Morgan fingerprint density at radius 2 is 1.45 bits per heavy atom. The molecule has 0 unspecified atom stereocenters. The first-order valence-corrected chi connectivity index (χ1v) is 13.3. The zero-order valence-corrected chi connectivity index (χ0v) is 20.7. The summed E-state index contributed by atoms with van der Waals surface area (Å²) in [6.45, 7) is 0.509. The molecule has 192 valence electrons. The average molecular weight is 469 g/mol. The first-order valence-electron chi connectivity index (χ1n) is 14.0. The molecular formula is C26H49N3O4. The monoisotopic (exact) mass is 468 g/mol. The summed E-state index contributed by atoms with van der Waals surface area (Å²) in [6, 6.07) is -1.66. The topological polar surface area (TPSA) is 113 Å². The summed E-state index contributed by atoms with van der Waals surface area (Å²) in [6.07, 6.45) is 19.7. The second-order valence-electron chi connectivity index (χ2n) is 9.45. The average Bonchev–Trinajstić information content (AvgIpc) is 3.32. The quantitative estimate of drug-likeness (QED) is 0.232. The summed E-state index contributed by atoms with van der Waals surface area (Å²) in [5.74, 6) is -1.21. The van der Waals surface area contributed by atoms with Crippen LogP contribution in [-0.2, 0) is 14.4 Å². The van der Waals surface area contributed by atoms with E-state index in [1.54, 1.807) is 0 Å². The van der Waals surface area contributed by atoms with Crippen LogP contribution in [0.2, 0.25) is 0 Å². The molecule has 1 fully saturated rings. The van der Waals surface area contributed by atoms with Gasteiger partial charge >= 0.3 is 0 Å². The molecule has 0 bridgehead atoms. The Hall–Kier alpha value is -1.63. The van der Waals surface area contributed by atoms with Gasteiger partial charge in [-0.25, -0.2) is 0 Å². The molecule has 4 N–H and O–H groups in total. The van der Waals surface area contributed by atoms with Crippen molar-refractivity contribution in [3.63, 3.8) is 0 Å². The fourth-order valence-electron chi connectivity index (χ4n) is 4.56. The Kier molecular flexibility index (Phi) is 15.7. The Bertz CT molecular complexity index is 576. The van der Waals surface area contributed by atoms with Gasteiger partial charge in [0.1, 0.15) is 12.1 Å². The van der Waals surface area contributed by atoms with Gasteiger partial charge < -0.3 is 21.1 Å². The highest BCUT2D eigenvalue weighted by Gasteiger charge is 2.36. The third kappa shape index (κ3) is 13.0. The summed E-state index contributed by atoms with van der Waals surface area (Å²) in [7, 11) is 0. The summed E-state index contributed by atoms with van der Waals surface area (Å²) in [4.78, 5) is 37.7. The highest BCUT2D eigenvalue weighted by molar-refractivity contribution is 5.92. The lowest BCUT2D eigenvalue weighted by Crippen LogP contribution is -2.54. The molecule has 7 nitrogen and oxygen atoms in total. The smallest absolute Gasteiger partial charge is 0.248 e. The number of hydrogen-bond donors (Lipinski definition) is 3. The number of primary amides is 1. The van der Waals surface area contributed by atoms with Gasteiger partial charge in [0, 0.05) is 14.3 Å². The number of amides is 3. The van der Waals surface area contributed by atoms with E-state index >= 15 is 0 Å². The molecule has 2 atom stereocenters. The van der Waals surface area contributed by atoms with E-state index in [1.807, 2.05) is 0 Å². The van der Waals surface area contributed by atoms with Gasteiger partial charge in [-0.05, 0) is 19.3 Å². The van der Waals surface area contributed by atoms with Gasteiger partial charge in [-0.2, -0.15) is 0 Å². The maximum absolute atomic E-state index is 12.6.